The summed E-state index contributed by atoms with van der Waals surface area (Å²) >= 11 is 0. The van der Waals surface area contributed by atoms with Crippen molar-refractivity contribution in [3.8, 4) is 6.07 Å². The molecule has 17 heavy (non-hydrogen) atoms. The lowest BCUT2D eigenvalue weighted by molar-refractivity contribution is -0.117. The molecule has 1 aromatic heterocycles. The Hall–Kier alpha value is -2.35. The van der Waals surface area contributed by atoms with Crippen LogP contribution in [0.1, 0.15) is 12.3 Å². The minimum atomic E-state index is -0.243. The van der Waals surface area contributed by atoms with E-state index in [0.717, 1.165) is 0 Å². The molecule has 1 aromatic carbocycles. The van der Waals surface area contributed by atoms with Crippen LogP contribution in [0.15, 0.2) is 22.6 Å². The smallest absolute Gasteiger partial charge is 0.240 e. The summed E-state index contributed by atoms with van der Waals surface area (Å²) in [6.07, 6.45) is -0.133. The quantitative estimate of drug-likeness (QED) is 0.789. The van der Waals surface area contributed by atoms with Gasteiger partial charge in [-0.3, -0.25) is 4.79 Å². The maximum atomic E-state index is 11.5. The molecule has 5 nitrogen and oxygen atoms in total. The number of benzene rings is 1. The molecule has 0 aliphatic heterocycles. The van der Waals surface area contributed by atoms with Crippen molar-refractivity contribution in [2.24, 2.45) is 0 Å². The summed E-state index contributed by atoms with van der Waals surface area (Å²) in [7, 11) is 1.63. The van der Waals surface area contributed by atoms with Crippen molar-refractivity contribution in [2.75, 3.05) is 11.9 Å². The molecule has 0 fully saturated rings. The highest BCUT2D eigenvalue weighted by atomic mass is 16.3. The second-order valence-electron chi connectivity index (χ2n) is 3.67. The minimum absolute atomic E-state index is 0.133. The van der Waals surface area contributed by atoms with Crippen LogP contribution in [0.4, 0.5) is 5.69 Å². The van der Waals surface area contributed by atoms with Gasteiger partial charge in [0.2, 0.25) is 5.91 Å². The molecule has 86 valence electrons. The summed E-state index contributed by atoms with van der Waals surface area (Å²) in [4.78, 5) is 17.2. The third kappa shape index (κ3) is 2.11. The van der Waals surface area contributed by atoms with Crippen LogP contribution in [0.3, 0.4) is 0 Å². The Labute approximate surface area is 98.3 Å². The Morgan fingerprint density at radius 3 is 3.06 bits per heavy atom. The number of anilines is 1. The molecule has 0 saturated heterocycles. The second-order valence-corrected chi connectivity index (χ2v) is 3.67. The van der Waals surface area contributed by atoms with Crippen LogP contribution in [-0.2, 0) is 4.79 Å². The Morgan fingerprint density at radius 2 is 2.35 bits per heavy atom. The number of nitriles is 1. The third-order valence-corrected chi connectivity index (χ3v) is 2.47. The molecular formula is C12H11N3O2. The first-order valence-electron chi connectivity index (χ1n) is 5.12. The number of hydrogen-bond donors (Lipinski definition) is 0. The maximum absolute atomic E-state index is 11.5. The van der Waals surface area contributed by atoms with Gasteiger partial charge in [0.15, 0.2) is 11.5 Å². The van der Waals surface area contributed by atoms with E-state index in [0.29, 0.717) is 22.7 Å². The van der Waals surface area contributed by atoms with E-state index >= 15 is 0 Å². The van der Waals surface area contributed by atoms with Crippen molar-refractivity contribution < 1.29 is 9.21 Å². The molecule has 2 rings (SSSR count). The molecule has 1 heterocycles. The van der Waals surface area contributed by atoms with E-state index in [-0.39, 0.29) is 12.3 Å². The highest BCUT2D eigenvalue weighted by Gasteiger charge is 2.12. The summed E-state index contributed by atoms with van der Waals surface area (Å²) in [5, 5.41) is 8.48. The van der Waals surface area contributed by atoms with Crippen molar-refractivity contribution in [1.29, 1.82) is 5.26 Å². The average molecular weight is 229 g/mol. The van der Waals surface area contributed by atoms with E-state index in [1.165, 1.54) is 4.90 Å². The van der Waals surface area contributed by atoms with Crippen LogP contribution >= 0.6 is 0 Å². The lowest BCUT2D eigenvalue weighted by atomic mass is 10.2. The van der Waals surface area contributed by atoms with Gasteiger partial charge in [-0.15, -0.1) is 0 Å². The largest absolute Gasteiger partial charge is 0.441 e. The highest BCUT2D eigenvalue weighted by molar-refractivity contribution is 5.95. The van der Waals surface area contributed by atoms with Gasteiger partial charge >= 0.3 is 0 Å². The van der Waals surface area contributed by atoms with E-state index in [9.17, 15) is 4.79 Å². The fraction of sp³-hybridized carbons (Fsp3) is 0.250. The standard InChI is InChI=1S/C12H11N3O2/c1-8-14-10-7-9(3-4-11(10)17-8)15(2)12(16)5-6-13/h3-4,7H,5H2,1-2H3. The predicted molar refractivity (Wildman–Crippen MR) is 62.4 cm³/mol. The van der Waals surface area contributed by atoms with E-state index in [4.69, 9.17) is 9.68 Å². The summed E-state index contributed by atoms with van der Waals surface area (Å²) in [6.45, 7) is 1.77. The van der Waals surface area contributed by atoms with Crippen LogP contribution in [-0.4, -0.2) is 17.9 Å². The van der Waals surface area contributed by atoms with Gasteiger partial charge in [-0.05, 0) is 18.2 Å². The molecule has 0 saturated carbocycles. The monoisotopic (exact) mass is 229 g/mol. The minimum Gasteiger partial charge on any atom is -0.441 e. The first kappa shape index (κ1) is 11.1. The molecular weight excluding hydrogens is 218 g/mol. The number of carbonyl (C=O) groups excluding carboxylic acids is 1. The van der Waals surface area contributed by atoms with Gasteiger partial charge in [0.25, 0.3) is 0 Å². The van der Waals surface area contributed by atoms with Gasteiger partial charge in [-0.2, -0.15) is 5.26 Å². The maximum Gasteiger partial charge on any atom is 0.240 e. The molecule has 5 heteroatoms. The molecule has 0 atom stereocenters. The van der Waals surface area contributed by atoms with Crippen LogP contribution in [0.2, 0.25) is 0 Å². The topological polar surface area (TPSA) is 70.1 Å². The van der Waals surface area contributed by atoms with Crippen molar-refractivity contribution in [2.45, 2.75) is 13.3 Å². The van der Waals surface area contributed by atoms with Gasteiger partial charge in [-0.1, -0.05) is 0 Å². The number of rotatable bonds is 2. The summed E-state index contributed by atoms with van der Waals surface area (Å²) in [5.74, 6) is 0.343. The van der Waals surface area contributed by atoms with E-state index in [1.807, 2.05) is 6.07 Å². The second kappa shape index (κ2) is 4.26. The average Bonchev–Trinajstić information content (AvgIpc) is 2.67. The first-order chi connectivity index (χ1) is 8.11. The number of oxazole rings is 1. The van der Waals surface area contributed by atoms with Crippen LogP contribution < -0.4 is 4.90 Å². The van der Waals surface area contributed by atoms with Crippen LogP contribution in [0.25, 0.3) is 11.1 Å². The van der Waals surface area contributed by atoms with Gasteiger partial charge in [0.1, 0.15) is 11.9 Å². The number of aromatic nitrogens is 1. The molecule has 0 N–H and O–H groups in total. The van der Waals surface area contributed by atoms with E-state index in [2.05, 4.69) is 4.98 Å². The number of amides is 1. The van der Waals surface area contributed by atoms with E-state index in [1.54, 1.807) is 32.2 Å². The molecule has 0 radical (unpaired) electrons. The summed E-state index contributed by atoms with van der Waals surface area (Å²) in [6, 6.07) is 7.13. The van der Waals surface area contributed by atoms with E-state index < -0.39 is 0 Å². The van der Waals surface area contributed by atoms with Crippen LogP contribution in [0, 0.1) is 18.3 Å². The van der Waals surface area contributed by atoms with Crippen molar-refractivity contribution in [1.82, 2.24) is 4.98 Å². The molecule has 1 amide bonds. The molecule has 2 aromatic rings. The SMILES string of the molecule is Cc1nc2cc(N(C)C(=O)CC#N)ccc2o1. The zero-order valence-electron chi connectivity index (χ0n) is 9.60. The Bertz CT molecular complexity index is 610. The lowest BCUT2D eigenvalue weighted by Gasteiger charge is -2.15. The van der Waals surface area contributed by atoms with Gasteiger partial charge in [0, 0.05) is 19.7 Å². The molecule has 0 bridgehead atoms. The number of carbonyl (C=O) groups is 1. The van der Waals surface area contributed by atoms with Gasteiger partial charge in [0.05, 0.1) is 6.07 Å². The normalized spacial score (nSPS) is 10.2. The number of nitrogens with zero attached hydrogens (tertiary/aromatic N) is 3. The fourth-order valence-electron chi connectivity index (χ4n) is 1.57. The summed E-state index contributed by atoms with van der Waals surface area (Å²) < 4.78 is 5.34. The Balaban J connectivity index is 2.36. The number of hydrogen-bond acceptors (Lipinski definition) is 4. The lowest BCUT2D eigenvalue weighted by Crippen LogP contribution is -2.25. The first-order valence-corrected chi connectivity index (χ1v) is 5.12. The van der Waals surface area contributed by atoms with Gasteiger partial charge in [-0.25, -0.2) is 4.98 Å². The number of aryl methyl sites for hydroxylation is 1. The molecule has 0 spiro atoms. The Kier molecular flexibility index (Phi) is 2.79. The van der Waals surface area contributed by atoms with Crippen molar-refractivity contribution in [3.05, 3.63) is 24.1 Å². The fourth-order valence-corrected chi connectivity index (χ4v) is 1.57. The summed E-state index contributed by atoms with van der Waals surface area (Å²) in [5.41, 5.74) is 2.09. The number of fused-ring (bicyclic) bond motifs is 1. The van der Waals surface area contributed by atoms with Crippen molar-refractivity contribution >= 4 is 22.7 Å². The van der Waals surface area contributed by atoms with Crippen LogP contribution in [0.5, 0.6) is 0 Å². The third-order valence-electron chi connectivity index (χ3n) is 2.47. The predicted octanol–water partition coefficient (Wildman–Crippen LogP) is 2.01. The van der Waals surface area contributed by atoms with Crippen molar-refractivity contribution in [3.63, 3.8) is 0 Å². The molecule has 0 aliphatic carbocycles. The zero-order chi connectivity index (χ0) is 12.4. The molecule has 0 unspecified atom stereocenters. The zero-order valence-corrected chi connectivity index (χ0v) is 9.60. The molecule has 0 aliphatic rings. The Morgan fingerprint density at radius 1 is 1.59 bits per heavy atom. The highest BCUT2D eigenvalue weighted by Crippen LogP contribution is 2.22. The van der Waals surface area contributed by atoms with Gasteiger partial charge < -0.3 is 9.32 Å².